The second kappa shape index (κ2) is 6.33. The van der Waals surface area contributed by atoms with E-state index in [0.29, 0.717) is 0 Å². The molecule has 10 heavy (non-hydrogen) atoms. The minimum Gasteiger partial charge on any atom is -0.404 e. The lowest BCUT2D eigenvalue weighted by Gasteiger charge is -1.96. The van der Waals surface area contributed by atoms with E-state index in [1.165, 1.54) is 12.8 Å². The van der Waals surface area contributed by atoms with Gasteiger partial charge in [-0.1, -0.05) is 13.3 Å². The van der Waals surface area contributed by atoms with Crippen LogP contribution in [0.3, 0.4) is 0 Å². The molecule has 0 fully saturated rings. The number of allylic oxidation sites excluding steroid dienone is 1. The molecule has 0 spiro atoms. The molecule has 0 aliphatic rings. The van der Waals surface area contributed by atoms with Gasteiger partial charge in [0.15, 0.2) is 0 Å². The number of nitrogens with two attached hydrogens (primary N) is 1. The van der Waals surface area contributed by atoms with Crippen molar-refractivity contribution in [3.8, 4) is 0 Å². The van der Waals surface area contributed by atoms with Crippen molar-refractivity contribution in [1.29, 1.82) is 0 Å². The fourth-order valence-corrected chi connectivity index (χ4v) is 0.738. The van der Waals surface area contributed by atoms with E-state index in [1.807, 2.05) is 6.21 Å². The molecule has 0 aromatic heterocycles. The van der Waals surface area contributed by atoms with Gasteiger partial charge in [-0.25, -0.2) is 0 Å². The summed E-state index contributed by atoms with van der Waals surface area (Å²) in [6.45, 7) is 2.16. The molecule has 0 saturated carbocycles. The maximum absolute atomic E-state index is 5.35. The summed E-state index contributed by atoms with van der Waals surface area (Å²) in [5.41, 5.74) is 6.48. The molecular formula is C8H16N2. The molecule has 0 rings (SSSR count). The van der Waals surface area contributed by atoms with Gasteiger partial charge in [-0.3, -0.25) is 4.99 Å². The highest BCUT2D eigenvalue weighted by Crippen LogP contribution is 2.02. The molecule has 0 aromatic carbocycles. The molecule has 0 unspecified atom stereocenters. The fourth-order valence-electron chi connectivity index (χ4n) is 0.738. The zero-order chi connectivity index (χ0) is 7.82. The maximum Gasteiger partial charge on any atom is 0.0277 e. The van der Waals surface area contributed by atoms with Crippen molar-refractivity contribution in [3.05, 3.63) is 11.8 Å². The Morgan fingerprint density at radius 3 is 2.70 bits per heavy atom. The van der Waals surface area contributed by atoms with Crippen LogP contribution >= 0.6 is 0 Å². The Kier molecular flexibility index (Phi) is 5.83. The molecule has 0 radical (unpaired) electrons. The first-order valence-corrected chi connectivity index (χ1v) is 3.68. The average Bonchev–Trinajstić information content (AvgIpc) is 1.98. The summed E-state index contributed by atoms with van der Waals surface area (Å²) >= 11 is 0. The molecule has 0 saturated heterocycles. The van der Waals surface area contributed by atoms with Gasteiger partial charge in [0.1, 0.15) is 0 Å². The van der Waals surface area contributed by atoms with Crippen LogP contribution in [-0.2, 0) is 0 Å². The third-order valence-electron chi connectivity index (χ3n) is 1.33. The van der Waals surface area contributed by atoms with Crippen LogP contribution in [-0.4, -0.2) is 13.3 Å². The molecule has 0 amide bonds. The van der Waals surface area contributed by atoms with E-state index in [0.717, 1.165) is 12.0 Å². The first kappa shape index (κ1) is 9.21. The molecule has 0 bridgehead atoms. The molecule has 0 aliphatic heterocycles. The van der Waals surface area contributed by atoms with Gasteiger partial charge in [0.25, 0.3) is 0 Å². The fraction of sp³-hybridized carbons (Fsp3) is 0.625. The SMILES string of the molecule is CCCCC(C=NC)=CN. The topological polar surface area (TPSA) is 38.4 Å². The lowest BCUT2D eigenvalue weighted by Crippen LogP contribution is -1.90. The molecule has 2 nitrogen and oxygen atoms in total. The summed E-state index contributed by atoms with van der Waals surface area (Å²) in [5, 5.41) is 0. The average molecular weight is 140 g/mol. The van der Waals surface area contributed by atoms with Crippen LogP contribution in [0.25, 0.3) is 0 Å². The van der Waals surface area contributed by atoms with Crippen LogP contribution < -0.4 is 5.73 Å². The summed E-state index contributed by atoms with van der Waals surface area (Å²) < 4.78 is 0. The largest absolute Gasteiger partial charge is 0.404 e. The summed E-state index contributed by atoms with van der Waals surface area (Å²) in [5.74, 6) is 0. The van der Waals surface area contributed by atoms with Crippen LogP contribution in [0.4, 0.5) is 0 Å². The zero-order valence-corrected chi connectivity index (χ0v) is 6.80. The highest BCUT2D eigenvalue weighted by atomic mass is 14.6. The number of hydrogen-bond acceptors (Lipinski definition) is 2. The summed E-state index contributed by atoms with van der Waals surface area (Å²) in [7, 11) is 1.76. The quantitative estimate of drug-likeness (QED) is 0.593. The van der Waals surface area contributed by atoms with Crippen molar-refractivity contribution in [1.82, 2.24) is 0 Å². The van der Waals surface area contributed by atoms with E-state index < -0.39 is 0 Å². The van der Waals surface area contributed by atoms with E-state index in [9.17, 15) is 0 Å². The van der Waals surface area contributed by atoms with Crippen molar-refractivity contribution < 1.29 is 0 Å². The van der Waals surface area contributed by atoms with Gasteiger partial charge in [-0.05, 0) is 24.6 Å². The lowest BCUT2D eigenvalue weighted by molar-refractivity contribution is 0.803. The molecule has 0 aliphatic carbocycles. The molecule has 2 N–H and O–H groups in total. The summed E-state index contributed by atoms with van der Waals surface area (Å²) in [6.07, 6.45) is 6.88. The van der Waals surface area contributed by atoms with Crippen LogP contribution in [0.5, 0.6) is 0 Å². The Balaban J connectivity index is 3.62. The Labute approximate surface area is 62.8 Å². The van der Waals surface area contributed by atoms with E-state index in [1.54, 1.807) is 13.2 Å². The number of hydrogen-bond donors (Lipinski definition) is 1. The number of nitrogens with zero attached hydrogens (tertiary/aromatic N) is 1. The second-order valence-corrected chi connectivity index (χ2v) is 2.23. The maximum atomic E-state index is 5.35. The molecule has 2 heteroatoms. The van der Waals surface area contributed by atoms with Crippen molar-refractivity contribution in [3.63, 3.8) is 0 Å². The Morgan fingerprint density at radius 1 is 1.60 bits per heavy atom. The second-order valence-electron chi connectivity index (χ2n) is 2.23. The number of unbranched alkanes of at least 4 members (excludes halogenated alkanes) is 1. The first-order valence-electron chi connectivity index (χ1n) is 3.68. The predicted octanol–water partition coefficient (Wildman–Crippen LogP) is 1.72. The highest BCUT2D eigenvalue weighted by Gasteiger charge is 1.89. The van der Waals surface area contributed by atoms with Crippen molar-refractivity contribution in [2.75, 3.05) is 7.05 Å². The number of aliphatic imine (C=N–C) groups is 1. The van der Waals surface area contributed by atoms with Crippen molar-refractivity contribution in [2.24, 2.45) is 10.7 Å². The summed E-state index contributed by atoms with van der Waals surface area (Å²) in [4.78, 5) is 3.89. The number of rotatable bonds is 4. The Hall–Kier alpha value is -0.790. The minimum atomic E-state index is 1.05. The molecule has 58 valence electrons. The van der Waals surface area contributed by atoms with Gasteiger partial charge in [-0.2, -0.15) is 0 Å². The van der Waals surface area contributed by atoms with Crippen molar-refractivity contribution in [2.45, 2.75) is 26.2 Å². The van der Waals surface area contributed by atoms with Gasteiger partial charge < -0.3 is 5.73 Å². The minimum absolute atomic E-state index is 1.05. The van der Waals surface area contributed by atoms with Gasteiger partial charge in [0, 0.05) is 13.3 Å². The first-order chi connectivity index (χ1) is 4.85. The molecule has 0 aromatic rings. The van der Waals surface area contributed by atoms with Crippen LogP contribution in [0.2, 0.25) is 0 Å². The van der Waals surface area contributed by atoms with Gasteiger partial charge in [0.05, 0.1) is 0 Å². The monoisotopic (exact) mass is 140 g/mol. The van der Waals surface area contributed by atoms with Gasteiger partial charge in [0.2, 0.25) is 0 Å². The smallest absolute Gasteiger partial charge is 0.0277 e. The predicted molar refractivity (Wildman–Crippen MR) is 46.2 cm³/mol. The van der Waals surface area contributed by atoms with E-state index >= 15 is 0 Å². The third kappa shape index (κ3) is 4.13. The molecule has 0 heterocycles. The van der Waals surface area contributed by atoms with Crippen molar-refractivity contribution >= 4 is 6.21 Å². The molecule has 0 atom stereocenters. The van der Waals surface area contributed by atoms with E-state index in [2.05, 4.69) is 11.9 Å². The highest BCUT2D eigenvalue weighted by molar-refractivity contribution is 5.77. The standard InChI is InChI=1S/C8H16N2/c1-3-4-5-8(6-9)7-10-2/h6-7H,3-5,9H2,1-2H3. The van der Waals surface area contributed by atoms with E-state index in [-0.39, 0.29) is 0 Å². The Bertz CT molecular complexity index is 125. The Morgan fingerprint density at radius 2 is 2.30 bits per heavy atom. The lowest BCUT2D eigenvalue weighted by atomic mass is 10.1. The van der Waals surface area contributed by atoms with E-state index in [4.69, 9.17) is 5.73 Å². The molecular weight excluding hydrogens is 124 g/mol. The van der Waals surface area contributed by atoms with Crippen LogP contribution in [0, 0.1) is 0 Å². The zero-order valence-electron chi connectivity index (χ0n) is 6.80. The van der Waals surface area contributed by atoms with Crippen LogP contribution in [0.1, 0.15) is 26.2 Å². The third-order valence-corrected chi connectivity index (χ3v) is 1.33. The van der Waals surface area contributed by atoms with Gasteiger partial charge in [-0.15, -0.1) is 0 Å². The summed E-state index contributed by atoms with van der Waals surface area (Å²) in [6, 6.07) is 0. The van der Waals surface area contributed by atoms with Gasteiger partial charge >= 0.3 is 0 Å². The normalized spacial score (nSPS) is 12.8. The van der Waals surface area contributed by atoms with Crippen LogP contribution in [0.15, 0.2) is 16.8 Å².